The molecule has 186 valence electrons. The van der Waals surface area contributed by atoms with Crippen LogP contribution in [0.25, 0.3) is 22.0 Å². The number of pyridine rings is 2. The van der Waals surface area contributed by atoms with Crippen molar-refractivity contribution < 1.29 is 22.7 Å². The van der Waals surface area contributed by atoms with Crippen LogP contribution in [0.5, 0.6) is 5.88 Å². The van der Waals surface area contributed by atoms with Crippen molar-refractivity contribution in [3.8, 4) is 17.0 Å². The molecule has 1 saturated heterocycles. The Labute approximate surface area is 204 Å². The molecule has 4 heterocycles. The quantitative estimate of drug-likeness (QED) is 0.374. The molecule has 36 heavy (non-hydrogen) atoms. The van der Waals surface area contributed by atoms with Gasteiger partial charge in [0.1, 0.15) is 5.82 Å². The minimum Gasteiger partial charge on any atom is -0.417 e. The van der Waals surface area contributed by atoms with E-state index < -0.39 is 18.3 Å². The van der Waals surface area contributed by atoms with E-state index >= 15 is 4.39 Å². The zero-order chi connectivity index (χ0) is 25.1. The van der Waals surface area contributed by atoms with Gasteiger partial charge in [-0.2, -0.15) is 13.9 Å². The molecule has 0 atom stereocenters. The van der Waals surface area contributed by atoms with Crippen LogP contribution in [0, 0.1) is 5.82 Å². The number of nitrogens with zero attached hydrogens (tertiary/aromatic N) is 4. The summed E-state index contributed by atoms with van der Waals surface area (Å²) in [5, 5.41) is 9.76. The number of carbonyl (C=O) groups excluding carboxylic acids is 1. The Morgan fingerprint density at radius 3 is 2.69 bits per heavy atom. The number of hydrogen-bond acceptors (Lipinski definition) is 6. The van der Waals surface area contributed by atoms with E-state index in [9.17, 15) is 13.6 Å². The SMILES string of the molecule is O=C(Nc1ccc(OC(F)F)nc1)c1n[nH]c2cc(F)c(-c3cncc(CN4CCCCC4)c3)cc12. The van der Waals surface area contributed by atoms with Crippen LogP contribution in [-0.4, -0.2) is 50.7 Å². The number of nitrogens with one attached hydrogen (secondary N) is 2. The molecular formula is C25H23F3N6O2. The summed E-state index contributed by atoms with van der Waals surface area (Å²) < 4.78 is 43.8. The molecule has 1 aliphatic heterocycles. The predicted molar refractivity (Wildman–Crippen MR) is 127 cm³/mol. The number of amides is 1. The number of anilines is 1. The van der Waals surface area contributed by atoms with Gasteiger partial charge in [-0.15, -0.1) is 0 Å². The van der Waals surface area contributed by atoms with Crippen LogP contribution in [0.2, 0.25) is 0 Å². The molecule has 1 aromatic carbocycles. The Bertz CT molecular complexity index is 1370. The van der Waals surface area contributed by atoms with Crippen LogP contribution in [0.3, 0.4) is 0 Å². The maximum atomic E-state index is 15.0. The Balaban J connectivity index is 1.39. The number of carbonyl (C=O) groups is 1. The third kappa shape index (κ3) is 5.30. The molecule has 8 nitrogen and oxygen atoms in total. The van der Waals surface area contributed by atoms with Crippen LogP contribution in [0.4, 0.5) is 18.9 Å². The second-order valence-electron chi connectivity index (χ2n) is 8.59. The van der Waals surface area contributed by atoms with E-state index in [-0.39, 0.29) is 17.3 Å². The fourth-order valence-corrected chi connectivity index (χ4v) is 4.33. The zero-order valence-electron chi connectivity index (χ0n) is 19.2. The molecule has 0 unspecified atom stereocenters. The number of aromatic nitrogens is 4. The summed E-state index contributed by atoms with van der Waals surface area (Å²) in [5.41, 5.74) is 2.58. The average Bonchev–Trinajstić information content (AvgIpc) is 3.28. The molecule has 11 heteroatoms. The number of likely N-dealkylation sites (tertiary alicyclic amines) is 1. The summed E-state index contributed by atoms with van der Waals surface area (Å²) in [6, 6.07) is 7.37. The maximum Gasteiger partial charge on any atom is 0.388 e. The van der Waals surface area contributed by atoms with Crippen LogP contribution in [-0.2, 0) is 6.54 Å². The number of alkyl halides is 2. The van der Waals surface area contributed by atoms with Crippen molar-refractivity contribution in [2.24, 2.45) is 0 Å². The number of benzene rings is 1. The van der Waals surface area contributed by atoms with Gasteiger partial charge in [0.05, 0.1) is 17.4 Å². The first-order chi connectivity index (χ1) is 17.5. The summed E-state index contributed by atoms with van der Waals surface area (Å²) in [6.07, 6.45) is 8.17. The van der Waals surface area contributed by atoms with Crippen molar-refractivity contribution in [2.75, 3.05) is 18.4 Å². The fraction of sp³-hybridized carbons (Fsp3) is 0.280. The Morgan fingerprint density at radius 2 is 1.94 bits per heavy atom. The van der Waals surface area contributed by atoms with Gasteiger partial charge in [-0.1, -0.05) is 6.42 Å². The highest BCUT2D eigenvalue weighted by Gasteiger charge is 2.19. The number of halogens is 3. The molecule has 1 aliphatic rings. The van der Waals surface area contributed by atoms with E-state index in [2.05, 4.69) is 35.1 Å². The lowest BCUT2D eigenvalue weighted by Gasteiger charge is -2.26. The highest BCUT2D eigenvalue weighted by molar-refractivity contribution is 6.11. The topological polar surface area (TPSA) is 96.0 Å². The van der Waals surface area contributed by atoms with Crippen molar-refractivity contribution in [1.82, 2.24) is 25.1 Å². The van der Waals surface area contributed by atoms with Gasteiger partial charge in [-0.3, -0.25) is 19.8 Å². The first kappa shape index (κ1) is 23.7. The summed E-state index contributed by atoms with van der Waals surface area (Å²) in [5.74, 6) is -1.31. The van der Waals surface area contributed by atoms with Crippen molar-refractivity contribution in [2.45, 2.75) is 32.4 Å². The number of H-pyrrole nitrogens is 1. The molecule has 0 aliphatic carbocycles. The van der Waals surface area contributed by atoms with E-state index in [0.717, 1.165) is 25.2 Å². The van der Waals surface area contributed by atoms with Crippen LogP contribution in [0.1, 0.15) is 35.3 Å². The van der Waals surface area contributed by atoms with E-state index in [1.54, 1.807) is 18.5 Å². The minimum atomic E-state index is -3.00. The molecule has 2 N–H and O–H groups in total. The Morgan fingerprint density at radius 1 is 1.11 bits per heavy atom. The standard InChI is InChI=1S/C25H23F3N6O2/c26-20-10-21-19(9-18(20)16-8-15(11-29-12-16)14-34-6-2-1-3-7-34)23(33-32-21)24(35)31-17-4-5-22(30-13-17)36-25(27)28/h4-5,8-13,25H,1-3,6-7,14H2,(H,31,35)(H,32,33). The molecule has 4 aromatic rings. The number of fused-ring (bicyclic) bond motifs is 1. The van der Waals surface area contributed by atoms with E-state index in [0.29, 0.717) is 22.0 Å². The Hall–Kier alpha value is -3.99. The van der Waals surface area contributed by atoms with Gasteiger partial charge in [0, 0.05) is 47.6 Å². The molecule has 3 aromatic heterocycles. The van der Waals surface area contributed by atoms with Gasteiger partial charge >= 0.3 is 6.61 Å². The molecule has 1 fully saturated rings. The fourth-order valence-electron chi connectivity index (χ4n) is 4.33. The molecule has 5 rings (SSSR count). The lowest BCUT2D eigenvalue weighted by atomic mass is 10.0. The molecule has 0 radical (unpaired) electrons. The highest BCUT2D eigenvalue weighted by Crippen LogP contribution is 2.29. The van der Waals surface area contributed by atoms with E-state index in [4.69, 9.17) is 0 Å². The molecule has 1 amide bonds. The average molecular weight is 496 g/mol. The van der Waals surface area contributed by atoms with E-state index in [1.807, 2.05) is 6.07 Å². The minimum absolute atomic E-state index is 0.0524. The predicted octanol–water partition coefficient (Wildman–Crippen LogP) is 5.00. The monoisotopic (exact) mass is 496 g/mol. The number of piperidine rings is 1. The number of aromatic amines is 1. The second-order valence-corrected chi connectivity index (χ2v) is 8.59. The van der Waals surface area contributed by atoms with Crippen molar-refractivity contribution >= 4 is 22.5 Å². The number of hydrogen-bond donors (Lipinski definition) is 2. The van der Waals surface area contributed by atoms with E-state index in [1.165, 1.54) is 43.7 Å². The van der Waals surface area contributed by atoms with Gasteiger partial charge < -0.3 is 10.1 Å². The first-order valence-electron chi connectivity index (χ1n) is 11.5. The summed E-state index contributed by atoms with van der Waals surface area (Å²) in [6.45, 7) is -0.173. The van der Waals surface area contributed by atoms with Gasteiger partial charge in [0.25, 0.3) is 5.91 Å². The van der Waals surface area contributed by atoms with Crippen molar-refractivity contribution in [3.63, 3.8) is 0 Å². The van der Waals surface area contributed by atoms with Crippen LogP contribution < -0.4 is 10.1 Å². The van der Waals surface area contributed by atoms with Gasteiger partial charge in [0.2, 0.25) is 5.88 Å². The summed E-state index contributed by atoms with van der Waals surface area (Å²) >= 11 is 0. The van der Waals surface area contributed by atoms with Crippen LogP contribution >= 0.6 is 0 Å². The number of ether oxygens (including phenoxy) is 1. The zero-order valence-corrected chi connectivity index (χ0v) is 19.2. The first-order valence-corrected chi connectivity index (χ1v) is 11.5. The van der Waals surface area contributed by atoms with Gasteiger partial charge in [0.15, 0.2) is 5.69 Å². The third-order valence-electron chi connectivity index (χ3n) is 6.03. The summed E-state index contributed by atoms with van der Waals surface area (Å²) in [4.78, 5) is 23.3. The van der Waals surface area contributed by atoms with Crippen molar-refractivity contribution in [3.05, 3.63) is 66.0 Å². The largest absolute Gasteiger partial charge is 0.417 e. The number of rotatable bonds is 7. The normalized spacial score (nSPS) is 14.3. The lowest BCUT2D eigenvalue weighted by molar-refractivity contribution is -0.0528. The van der Waals surface area contributed by atoms with Gasteiger partial charge in [-0.25, -0.2) is 9.37 Å². The molecular weight excluding hydrogens is 473 g/mol. The highest BCUT2D eigenvalue weighted by atomic mass is 19.3. The lowest BCUT2D eigenvalue weighted by Crippen LogP contribution is -2.29. The summed E-state index contributed by atoms with van der Waals surface area (Å²) in [7, 11) is 0. The Kier molecular flexibility index (Phi) is 6.81. The van der Waals surface area contributed by atoms with Gasteiger partial charge in [-0.05, 0) is 49.7 Å². The third-order valence-corrected chi connectivity index (χ3v) is 6.03. The van der Waals surface area contributed by atoms with Crippen LogP contribution in [0.15, 0.2) is 48.9 Å². The van der Waals surface area contributed by atoms with Crippen molar-refractivity contribution in [1.29, 1.82) is 0 Å². The maximum absolute atomic E-state index is 15.0. The molecule has 0 bridgehead atoms. The molecule has 0 spiro atoms. The molecule has 0 saturated carbocycles. The second kappa shape index (κ2) is 10.3. The smallest absolute Gasteiger partial charge is 0.388 e.